The van der Waals surface area contributed by atoms with E-state index in [1.165, 1.54) is 0 Å². The summed E-state index contributed by atoms with van der Waals surface area (Å²) in [6.45, 7) is 3.81. The highest BCUT2D eigenvalue weighted by molar-refractivity contribution is 7.80. The first-order valence-electron chi connectivity index (χ1n) is 6.16. The lowest BCUT2D eigenvalue weighted by atomic mass is 10.2. The molecule has 0 aliphatic carbocycles. The van der Waals surface area contributed by atoms with Gasteiger partial charge < -0.3 is 15.2 Å². The molecule has 4 nitrogen and oxygen atoms in total. The number of hydrogen-bond acceptors (Lipinski definition) is 3. The highest BCUT2D eigenvalue weighted by Gasteiger charge is 2.04. The minimum Gasteiger partial charge on any atom is -0.389 e. The summed E-state index contributed by atoms with van der Waals surface area (Å²) in [4.78, 5) is 6.83. The normalized spacial score (nSPS) is 10.4. The van der Waals surface area contributed by atoms with Gasteiger partial charge in [0.05, 0.1) is 0 Å². The van der Waals surface area contributed by atoms with Crippen molar-refractivity contribution >= 4 is 22.9 Å². The Hall–Kier alpha value is -1.88. The van der Waals surface area contributed by atoms with Gasteiger partial charge in [-0.05, 0) is 19.1 Å². The van der Waals surface area contributed by atoms with Crippen molar-refractivity contribution in [2.75, 3.05) is 18.5 Å². The van der Waals surface area contributed by atoms with Crippen LogP contribution in [0.4, 0.5) is 5.69 Å². The summed E-state index contributed by atoms with van der Waals surface area (Å²) in [5.41, 5.74) is 7.67. The summed E-state index contributed by atoms with van der Waals surface area (Å²) in [6, 6.07) is 7.98. The van der Waals surface area contributed by atoms with Crippen LogP contribution in [0, 0.1) is 6.92 Å². The summed E-state index contributed by atoms with van der Waals surface area (Å²) in [7, 11) is 2.06. The average Bonchev–Trinajstić information content (AvgIpc) is 2.81. The number of thiocarbonyl (C=S) groups is 1. The Balaban J connectivity index is 2.03. The number of nitrogens with zero attached hydrogens (tertiary/aromatic N) is 3. The van der Waals surface area contributed by atoms with Crippen LogP contribution in [0.3, 0.4) is 0 Å². The van der Waals surface area contributed by atoms with Crippen LogP contribution in [0.1, 0.15) is 11.4 Å². The largest absolute Gasteiger partial charge is 0.389 e. The summed E-state index contributed by atoms with van der Waals surface area (Å²) in [5.74, 6) is 1.03. The maximum absolute atomic E-state index is 5.65. The lowest BCUT2D eigenvalue weighted by Crippen LogP contribution is -2.23. The topological polar surface area (TPSA) is 47.1 Å². The predicted octanol–water partition coefficient (Wildman–Crippen LogP) is 1.96. The zero-order valence-corrected chi connectivity index (χ0v) is 12.0. The van der Waals surface area contributed by atoms with Crippen molar-refractivity contribution in [1.29, 1.82) is 0 Å². The van der Waals surface area contributed by atoms with E-state index in [4.69, 9.17) is 18.0 Å². The van der Waals surface area contributed by atoms with Crippen molar-refractivity contribution in [2.45, 2.75) is 13.5 Å². The number of likely N-dealkylation sites (N-methyl/N-ethyl adjacent to an activating group) is 1. The molecule has 0 aliphatic heterocycles. The third-order valence-corrected chi connectivity index (χ3v) is 3.41. The molecule has 0 unspecified atom stereocenters. The molecule has 0 amide bonds. The molecule has 1 heterocycles. The van der Waals surface area contributed by atoms with Gasteiger partial charge in [0.1, 0.15) is 10.8 Å². The molecule has 0 spiro atoms. The molecule has 100 valence electrons. The monoisotopic (exact) mass is 274 g/mol. The second kappa shape index (κ2) is 5.84. The number of imidazole rings is 1. The van der Waals surface area contributed by atoms with E-state index in [2.05, 4.69) is 27.6 Å². The van der Waals surface area contributed by atoms with Crippen LogP contribution >= 0.6 is 12.2 Å². The Bertz CT molecular complexity index is 576. The molecule has 2 rings (SSSR count). The number of rotatable bonds is 5. The van der Waals surface area contributed by atoms with E-state index in [9.17, 15) is 0 Å². The molecule has 0 aliphatic rings. The van der Waals surface area contributed by atoms with Crippen LogP contribution in [0.2, 0.25) is 0 Å². The minimum absolute atomic E-state index is 0.431. The molecule has 2 aromatic rings. The molecule has 2 N–H and O–H groups in total. The van der Waals surface area contributed by atoms with Crippen molar-refractivity contribution in [3.63, 3.8) is 0 Å². The number of benzene rings is 1. The molecule has 0 saturated heterocycles. The highest BCUT2D eigenvalue weighted by atomic mass is 32.1. The Morgan fingerprint density at radius 3 is 2.89 bits per heavy atom. The van der Waals surface area contributed by atoms with Gasteiger partial charge in [0.2, 0.25) is 0 Å². The van der Waals surface area contributed by atoms with Crippen molar-refractivity contribution in [1.82, 2.24) is 9.55 Å². The van der Waals surface area contributed by atoms with E-state index in [0.717, 1.165) is 30.2 Å². The van der Waals surface area contributed by atoms with E-state index in [1.54, 1.807) is 0 Å². The van der Waals surface area contributed by atoms with Gasteiger partial charge in [0.15, 0.2) is 0 Å². The third-order valence-electron chi connectivity index (χ3n) is 3.17. The maximum Gasteiger partial charge on any atom is 0.105 e. The lowest BCUT2D eigenvalue weighted by Gasteiger charge is -2.20. The predicted molar refractivity (Wildman–Crippen MR) is 82.6 cm³/mol. The van der Waals surface area contributed by atoms with Gasteiger partial charge in [-0.25, -0.2) is 4.98 Å². The molecule has 0 fully saturated rings. The first kappa shape index (κ1) is 13.5. The first-order valence-corrected chi connectivity index (χ1v) is 6.57. The highest BCUT2D eigenvalue weighted by Crippen LogP contribution is 2.15. The van der Waals surface area contributed by atoms with Gasteiger partial charge in [0, 0.05) is 43.8 Å². The summed E-state index contributed by atoms with van der Waals surface area (Å²) in [6.07, 6.45) is 3.82. The molecule has 0 atom stereocenters. The van der Waals surface area contributed by atoms with E-state index in [0.29, 0.717) is 4.99 Å². The van der Waals surface area contributed by atoms with Gasteiger partial charge in [-0.2, -0.15) is 0 Å². The zero-order chi connectivity index (χ0) is 13.8. The van der Waals surface area contributed by atoms with Crippen molar-refractivity contribution in [3.8, 4) is 0 Å². The second-order valence-corrected chi connectivity index (χ2v) is 4.94. The van der Waals surface area contributed by atoms with Gasteiger partial charge >= 0.3 is 0 Å². The number of anilines is 1. The van der Waals surface area contributed by atoms with Gasteiger partial charge in [0.25, 0.3) is 0 Å². The van der Waals surface area contributed by atoms with Crippen molar-refractivity contribution in [3.05, 3.63) is 48.0 Å². The molecule has 1 aromatic carbocycles. The molecule has 19 heavy (non-hydrogen) atoms. The number of nitrogens with two attached hydrogens (primary N) is 1. The fourth-order valence-electron chi connectivity index (χ4n) is 1.92. The Kier molecular flexibility index (Phi) is 4.16. The van der Waals surface area contributed by atoms with Crippen LogP contribution in [0.25, 0.3) is 0 Å². The number of aromatic nitrogens is 2. The maximum atomic E-state index is 5.65. The Labute approximate surface area is 118 Å². The molecule has 5 heteroatoms. The van der Waals surface area contributed by atoms with Crippen LogP contribution in [-0.2, 0) is 6.54 Å². The summed E-state index contributed by atoms with van der Waals surface area (Å²) >= 11 is 5.00. The van der Waals surface area contributed by atoms with Crippen LogP contribution < -0.4 is 10.6 Å². The lowest BCUT2D eigenvalue weighted by molar-refractivity contribution is 0.664. The number of aryl methyl sites for hydroxylation is 1. The SMILES string of the molecule is Cc1nccn1CCN(C)c1cccc(C(N)=S)c1. The fourth-order valence-corrected chi connectivity index (χ4v) is 2.05. The zero-order valence-electron chi connectivity index (χ0n) is 11.2. The van der Waals surface area contributed by atoms with E-state index >= 15 is 0 Å². The Morgan fingerprint density at radius 2 is 2.26 bits per heavy atom. The molecule has 1 aromatic heterocycles. The Morgan fingerprint density at radius 1 is 1.47 bits per heavy atom. The van der Waals surface area contributed by atoms with Gasteiger partial charge in [-0.15, -0.1) is 0 Å². The fraction of sp³-hybridized carbons (Fsp3) is 0.286. The number of hydrogen-bond donors (Lipinski definition) is 1. The standard InChI is InChI=1S/C14H18N4S/c1-11-16-6-7-18(11)9-8-17(2)13-5-3-4-12(10-13)14(15)19/h3-7,10H,8-9H2,1-2H3,(H2,15,19). The van der Waals surface area contributed by atoms with Gasteiger partial charge in [-0.3, -0.25) is 0 Å². The van der Waals surface area contributed by atoms with Crippen LogP contribution in [0.15, 0.2) is 36.7 Å². The molecular weight excluding hydrogens is 256 g/mol. The summed E-state index contributed by atoms with van der Waals surface area (Å²) < 4.78 is 2.13. The molecule has 0 bridgehead atoms. The van der Waals surface area contributed by atoms with Crippen LogP contribution in [-0.4, -0.2) is 28.1 Å². The van der Waals surface area contributed by atoms with Gasteiger partial charge in [-0.1, -0.05) is 24.4 Å². The van der Waals surface area contributed by atoms with E-state index in [1.807, 2.05) is 37.5 Å². The quantitative estimate of drug-likeness (QED) is 0.847. The smallest absolute Gasteiger partial charge is 0.105 e. The summed E-state index contributed by atoms with van der Waals surface area (Å²) in [5, 5.41) is 0. The van der Waals surface area contributed by atoms with Crippen molar-refractivity contribution in [2.24, 2.45) is 5.73 Å². The average molecular weight is 274 g/mol. The van der Waals surface area contributed by atoms with Crippen LogP contribution in [0.5, 0.6) is 0 Å². The van der Waals surface area contributed by atoms with Crippen molar-refractivity contribution < 1.29 is 0 Å². The molecule has 0 radical (unpaired) electrons. The molecular formula is C14H18N4S. The third kappa shape index (κ3) is 3.32. The first-order chi connectivity index (χ1) is 9.08. The second-order valence-electron chi connectivity index (χ2n) is 4.50. The van der Waals surface area contributed by atoms with E-state index in [-0.39, 0.29) is 0 Å². The van der Waals surface area contributed by atoms with E-state index < -0.39 is 0 Å². The molecule has 0 saturated carbocycles. The minimum atomic E-state index is 0.431.